The maximum Gasteiger partial charge on any atom is 0.322 e. The van der Waals surface area contributed by atoms with Gasteiger partial charge in [0.2, 0.25) is 0 Å². The third-order valence-corrected chi connectivity index (χ3v) is 0.573. The first-order chi connectivity index (χ1) is 4.59. The van der Waals surface area contributed by atoms with Gasteiger partial charge in [0.15, 0.2) is 0 Å². The topological polar surface area (TPSA) is 91.7 Å². The van der Waals surface area contributed by atoms with E-state index >= 15 is 0 Å². The number of carbonyl (C=O) groups is 1. The molecule has 0 aliphatic carbocycles. The van der Waals surface area contributed by atoms with Crippen LogP contribution in [0.25, 0.3) is 5.41 Å². The molecule has 0 rings (SSSR count). The number of hydrogen-bond donors (Lipinski definition) is 1. The largest absolute Gasteiger partial charge is 0.724 e. The van der Waals surface area contributed by atoms with Gasteiger partial charge in [-0.3, -0.25) is 9.59 Å². The Balaban J connectivity index is 0. The maximum absolute atomic E-state index is 10.2. The zero-order valence-electron chi connectivity index (χ0n) is 5.83. The predicted molar refractivity (Wildman–Crippen MR) is 34.7 cm³/mol. The van der Waals surface area contributed by atoms with E-state index in [4.69, 9.17) is 15.9 Å². The van der Waals surface area contributed by atoms with Crippen LogP contribution in [0.15, 0.2) is 0 Å². The maximum atomic E-state index is 10.2. The van der Waals surface area contributed by atoms with Gasteiger partial charge >= 0.3 is 5.97 Å². The van der Waals surface area contributed by atoms with Crippen molar-refractivity contribution in [2.75, 3.05) is 7.11 Å². The van der Waals surface area contributed by atoms with Crippen molar-refractivity contribution < 1.29 is 14.3 Å². The van der Waals surface area contributed by atoms with Gasteiger partial charge in [-0.05, 0) is 13.0 Å². The summed E-state index contributed by atoms with van der Waals surface area (Å²) >= 11 is 0. The number of carbonyl (C=O) groups excluding carboxylic acids is 2. The van der Waals surface area contributed by atoms with Gasteiger partial charge in [-0.1, -0.05) is 0 Å². The Labute approximate surface area is 58.7 Å². The van der Waals surface area contributed by atoms with Crippen molar-refractivity contribution >= 4 is 12.0 Å². The highest BCUT2D eigenvalue weighted by molar-refractivity contribution is 5.74. The molecule has 0 saturated heterocycles. The Hall–Kier alpha value is -1.19. The number of isocyanates is 1. The number of rotatable bonds is 1. The summed E-state index contributed by atoms with van der Waals surface area (Å²) in [4.78, 5) is 18.4. The van der Waals surface area contributed by atoms with Crippen LogP contribution in [-0.4, -0.2) is 25.2 Å². The molecule has 0 aliphatic rings. The molecule has 0 spiro atoms. The quantitative estimate of drug-likeness (QED) is 0.303. The van der Waals surface area contributed by atoms with Gasteiger partial charge in [-0.15, -0.1) is 0 Å². The summed E-state index contributed by atoms with van der Waals surface area (Å²) in [5, 5.41) is 6.76. The van der Waals surface area contributed by atoms with Crippen LogP contribution >= 0.6 is 0 Å². The Morgan fingerprint density at radius 1 is 1.80 bits per heavy atom. The van der Waals surface area contributed by atoms with Crippen LogP contribution in [-0.2, 0) is 14.3 Å². The van der Waals surface area contributed by atoms with Gasteiger partial charge in [-0.2, -0.15) is 0 Å². The summed E-state index contributed by atoms with van der Waals surface area (Å²) in [5.41, 5.74) is 5.07. The molecule has 0 saturated carbocycles. The molecule has 0 bridgehead atoms. The van der Waals surface area contributed by atoms with Crippen LogP contribution in [0.3, 0.4) is 0 Å². The summed E-state index contributed by atoms with van der Waals surface area (Å²) in [6, 6.07) is -0.495. The minimum Gasteiger partial charge on any atom is -0.724 e. The molecule has 0 aromatic carbocycles. The van der Waals surface area contributed by atoms with Crippen molar-refractivity contribution in [2.24, 2.45) is 5.73 Å². The number of methoxy groups -OCH3 is 1. The normalized spacial score (nSPS) is 9.90. The Bertz CT molecular complexity index is 127. The fraction of sp³-hybridized carbons (Fsp3) is 0.600. The van der Waals surface area contributed by atoms with E-state index in [9.17, 15) is 4.79 Å². The van der Waals surface area contributed by atoms with E-state index in [2.05, 4.69) is 4.74 Å². The molecule has 0 heterocycles. The molecule has 1 atom stereocenters. The van der Waals surface area contributed by atoms with E-state index in [1.54, 1.807) is 6.92 Å². The average Bonchev–Trinajstić information content (AvgIpc) is 1.88. The van der Waals surface area contributed by atoms with Crippen molar-refractivity contribution in [3.8, 4) is 0 Å². The SMILES string of the molecule is COC(=O)C(C)N.[N-]=C=O. The molecule has 58 valence electrons. The highest BCUT2D eigenvalue weighted by Crippen LogP contribution is 1.76. The first kappa shape index (κ1) is 11.6. The molecule has 5 nitrogen and oxygen atoms in total. The number of hydrogen-bond acceptors (Lipinski definition) is 4. The first-order valence-electron chi connectivity index (χ1n) is 2.44. The fourth-order valence-corrected chi connectivity index (χ4v) is 0.186. The van der Waals surface area contributed by atoms with Gasteiger partial charge in [0.25, 0.3) is 0 Å². The minimum atomic E-state index is -0.495. The molecule has 1 unspecified atom stereocenters. The lowest BCUT2D eigenvalue weighted by Gasteiger charge is -1.98. The molecule has 0 amide bonds. The first-order valence-corrected chi connectivity index (χ1v) is 2.44. The van der Waals surface area contributed by atoms with Crippen LogP contribution in [0, 0.1) is 0 Å². The van der Waals surface area contributed by atoms with E-state index in [1.165, 1.54) is 7.11 Å². The zero-order chi connectivity index (χ0) is 8.57. The van der Waals surface area contributed by atoms with E-state index in [0.717, 1.165) is 0 Å². The molecule has 0 fully saturated rings. The van der Waals surface area contributed by atoms with Crippen molar-refractivity contribution in [3.05, 3.63) is 5.41 Å². The Morgan fingerprint density at radius 2 is 2.10 bits per heavy atom. The van der Waals surface area contributed by atoms with E-state index in [1.807, 2.05) is 0 Å². The number of nitrogens with two attached hydrogens (primary N) is 1. The van der Waals surface area contributed by atoms with Gasteiger partial charge in [0, 0.05) is 0 Å². The van der Waals surface area contributed by atoms with Gasteiger partial charge in [0.05, 0.1) is 7.11 Å². The van der Waals surface area contributed by atoms with Crippen LogP contribution in [0.5, 0.6) is 0 Å². The van der Waals surface area contributed by atoms with Gasteiger partial charge in [0.1, 0.15) is 6.04 Å². The Kier molecular flexibility index (Phi) is 9.05. The van der Waals surface area contributed by atoms with Gasteiger partial charge in [-0.25, -0.2) is 0 Å². The second-order valence-electron chi connectivity index (χ2n) is 1.40. The molecule has 10 heavy (non-hydrogen) atoms. The predicted octanol–water partition coefficient (Wildman–Crippen LogP) is -0.602. The molecular formula is C5H9N2O3-. The molecule has 0 aliphatic heterocycles. The third kappa shape index (κ3) is 9.94. The molecule has 2 N–H and O–H groups in total. The Morgan fingerprint density at radius 3 is 2.10 bits per heavy atom. The minimum absolute atomic E-state index is 0.375. The van der Waals surface area contributed by atoms with Crippen molar-refractivity contribution in [1.82, 2.24) is 0 Å². The molecular weight excluding hydrogens is 136 g/mol. The summed E-state index contributed by atoms with van der Waals surface area (Å²) in [7, 11) is 1.31. The van der Waals surface area contributed by atoms with E-state index < -0.39 is 6.04 Å². The molecule has 0 aromatic rings. The lowest BCUT2D eigenvalue weighted by molar-refractivity contribution is -0.141. The highest BCUT2D eigenvalue weighted by atomic mass is 16.5. The summed E-state index contributed by atoms with van der Waals surface area (Å²) < 4.78 is 4.25. The van der Waals surface area contributed by atoms with Crippen molar-refractivity contribution in [2.45, 2.75) is 13.0 Å². The monoisotopic (exact) mass is 145 g/mol. The summed E-state index contributed by atoms with van der Waals surface area (Å²) in [6.07, 6.45) is 0.500. The number of ether oxygens (including phenoxy) is 1. The second kappa shape index (κ2) is 7.81. The second-order valence-corrected chi connectivity index (χ2v) is 1.40. The average molecular weight is 145 g/mol. The standard InChI is InChI=1S/C4H9NO2.CNO/c1-3(5)4(6)7-2;2-1-3/h3H,5H2,1-2H3;/q;-1. The molecule has 0 radical (unpaired) electrons. The lowest BCUT2D eigenvalue weighted by Crippen LogP contribution is -2.27. The molecule has 5 heteroatoms. The highest BCUT2D eigenvalue weighted by Gasteiger charge is 2.03. The van der Waals surface area contributed by atoms with E-state index in [-0.39, 0.29) is 5.97 Å². The van der Waals surface area contributed by atoms with Crippen LogP contribution in [0.2, 0.25) is 0 Å². The lowest BCUT2D eigenvalue weighted by atomic mass is 10.4. The third-order valence-electron chi connectivity index (χ3n) is 0.573. The van der Waals surface area contributed by atoms with E-state index in [0.29, 0.717) is 6.08 Å². The number of nitrogens with zero attached hydrogens (tertiary/aromatic N) is 1. The number of esters is 1. The van der Waals surface area contributed by atoms with Gasteiger partial charge < -0.3 is 15.9 Å². The van der Waals surface area contributed by atoms with Crippen molar-refractivity contribution in [1.29, 1.82) is 0 Å². The fourth-order valence-electron chi connectivity index (χ4n) is 0.186. The molecule has 0 aromatic heterocycles. The summed E-state index contributed by atoms with van der Waals surface area (Å²) in [6.45, 7) is 1.58. The zero-order valence-corrected chi connectivity index (χ0v) is 5.83. The van der Waals surface area contributed by atoms with Crippen molar-refractivity contribution in [3.63, 3.8) is 0 Å². The smallest absolute Gasteiger partial charge is 0.322 e. The van der Waals surface area contributed by atoms with Crippen LogP contribution in [0.1, 0.15) is 6.92 Å². The summed E-state index contributed by atoms with van der Waals surface area (Å²) in [5.74, 6) is -0.375. The van der Waals surface area contributed by atoms with Crippen LogP contribution < -0.4 is 5.73 Å². The van der Waals surface area contributed by atoms with Crippen LogP contribution in [0.4, 0.5) is 0 Å².